The molecule has 2 aromatic carbocycles. The Kier molecular flexibility index (Phi) is 6.87. The largest absolute Gasteiger partial charge is 0.491 e. The zero-order chi connectivity index (χ0) is 26.1. The second-order valence-corrected chi connectivity index (χ2v) is 11.0. The number of amides is 2. The van der Waals surface area contributed by atoms with Crippen LogP contribution in [-0.4, -0.2) is 48.8 Å². The number of nitrogens with zero attached hydrogens (tertiary/aromatic N) is 1. The molecule has 200 valence electrons. The molecular weight excluding hydrogens is 478 g/mol. The average Bonchev–Trinajstić information content (AvgIpc) is 3.12. The predicted octanol–water partition coefficient (Wildman–Crippen LogP) is 5.16. The van der Waals surface area contributed by atoms with E-state index >= 15 is 0 Å². The molecule has 38 heavy (non-hydrogen) atoms. The third-order valence-electron chi connectivity index (χ3n) is 8.68. The van der Waals surface area contributed by atoms with E-state index in [1.165, 1.54) is 48.7 Å². The molecule has 7 nitrogen and oxygen atoms in total. The van der Waals surface area contributed by atoms with Gasteiger partial charge in [0, 0.05) is 35.7 Å². The average molecular weight is 516 g/mol. The van der Waals surface area contributed by atoms with Gasteiger partial charge in [0.05, 0.1) is 18.8 Å². The van der Waals surface area contributed by atoms with Crippen molar-refractivity contribution in [2.75, 3.05) is 26.9 Å². The zero-order valence-electron chi connectivity index (χ0n) is 22.2. The highest BCUT2D eigenvalue weighted by Gasteiger charge is 2.45. The number of para-hydroxylation sites is 1. The van der Waals surface area contributed by atoms with Gasteiger partial charge in [0.15, 0.2) is 0 Å². The Morgan fingerprint density at radius 1 is 1.08 bits per heavy atom. The van der Waals surface area contributed by atoms with Gasteiger partial charge in [-0.05, 0) is 67.9 Å². The van der Waals surface area contributed by atoms with Gasteiger partial charge in [0.25, 0.3) is 5.91 Å². The first-order valence-corrected chi connectivity index (χ1v) is 14.1. The number of fused-ring (bicyclic) bond motifs is 5. The fourth-order valence-corrected chi connectivity index (χ4v) is 6.54. The number of carbonyl (C=O) groups is 2. The number of aromatic nitrogens is 1. The number of benzene rings is 2. The van der Waals surface area contributed by atoms with Gasteiger partial charge in [-0.25, -0.2) is 0 Å². The van der Waals surface area contributed by atoms with Crippen LogP contribution in [0, 0.1) is 0 Å². The lowest BCUT2D eigenvalue weighted by Gasteiger charge is -2.40. The highest BCUT2D eigenvalue weighted by Crippen LogP contribution is 2.47. The maximum atomic E-state index is 13.5. The summed E-state index contributed by atoms with van der Waals surface area (Å²) in [4.78, 5) is 26.5. The number of rotatable bonds is 7. The van der Waals surface area contributed by atoms with Crippen molar-refractivity contribution >= 4 is 22.7 Å². The topological polar surface area (TPSA) is 81.6 Å². The number of ether oxygens (including phenoxy) is 2. The van der Waals surface area contributed by atoms with E-state index in [0.29, 0.717) is 44.1 Å². The number of methoxy groups -OCH3 is 1. The first-order chi connectivity index (χ1) is 18.6. The molecule has 1 aromatic heterocycles. The van der Waals surface area contributed by atoms with E-state index in [9.17, 15) is 9.59 Å². The third-order valence-corrected chi connectivity index (χ3v) is 8.68. The molecular formula is C31H37N3O4. The molecule has 0 atom stereocenters. The third kappa shape index (κ3) is 4.37. The van der Waals surface area contributed by atoms with E-state index in [4.69, 9.17) is 9.47 Å². The number of hydrogen-bond acceptors (Lipinski definition) is 4. The van der Waals surface area contributed by atoms with Crippen molar-refractivity contribution in [2.24, 2.45) is 0 Å². The summed E-state index contributed by atoms with van der Waals surface area (Å²) in [6.45, 7) is 2.19. The molecule has 2 heterocycles. The molecule has 6 rings (SSSR count). The van der Waals surface area contributed by atoms with Crippen LogP contribution < -0.4 is 15.4 Å². The lowest BCUT2D eigenvalue weighted by atomic mass is 9.75. The Labute approximate surface area is 223 Å². The van der Waals surface area contributed by atoms with Crippen LogP contribution in [0.25, 0.3) is 22.2 Å². The summed E-state index contributed by atoms with van der Waals surface area (Å²) in [5.41, 5.74) is 4.59. The van der Waals surface area contributed by atoms with Crippen molar-refractivity contribution in [3.05, 3.63) is 53.6 Å². The van der Waals surface area contributed by atoms with Crippen LogP contribution in [0.4, 0.5) is 0 Å². The van der Waals surface area contributed by atoms with E-state index in [1.807, 2.05) is 18.2 Å². The van der Waals surface area contributed by atoms with Crippen molar-refractivity contribution in [1.29, 1.82) is 0 Å². The smallest absolute Gasteiger partial charge is 0.252 e. The minimum atomic E-state index is -0.837. The van der Waals surface area contributed by atoms with Crippen molar-refractivity contribution in [2.45, 2.75) is 69.4 Å². The first kappa shape index (κ1) is 25.0. The number of carbonyl (C=O) groups excluding carboxylic acids is 2. The Morgan fingerprint density at radius 3 is 2.66 bits per heavy atom. The summed E-state index contributed by atoms with van der Waals surface area (Å²) in [6, 6.07) is 14.4. The molecule has 2 amide bonds. The molecule has 3 aliphatic rings. The first-order valence-electron chi connectivity index (χ1n) is 14.1. The molecule has 2 N–H and O–H groups in total. The summed E-state index contributed by atoms with van der Waals surface area (Å²) in [5, 5.41) is 7.24. The fourth-order valence-electron chi connectivity index (χ4n) is 6.54. The van der Waals surface area contributed by atoms with Crippen LogP contribution in [0.15, 0.2) is 42.5 Å². The quantitative estimate of drug-likeness (QED) is 0.426. The van der Waals surface area contributed by atoms with E-state index in [-0.39, 0.29) is 11.8 Å². The summed E-state index contributed by atoms with van der Waals surface area (Å²) < 4.78 is 13.6. The maximum absolute atomic E-state index is 13.5. The van der Waals surface area contributed by atoms with Gasteiger partial charge in [-0.15, -0.1) is 0 Å². The molecule has 0 saturated heterocycles. The minimum Gasteiger partial charge on any atom is -0.491 e. The molecule has 1 aliphatic heterocycles. The highest BCUT2D eigenvalue weighted by molar-refractivity contribution is 6.03. The van der Waals surface area contributed by atoms with Gasteiger partial charge in [0.1, 0.15) is 17.9 Å². The Hall–Kier alpha value is -3.32. The molecule has 0 radical (unpaired) electrons. The normalized spacial score (nSPS) is 18.4. The Bertz CT molecular complexity index is 1350. The van der Waals surface area contributed by atoms with Crippen molar-refractivity contribution < 1.29 is 19.1 Å². The fraction of sp³-hybridized carbons (Fsp3) is 0.484. The monoisotopic (exact) mass is 515 g/mol. The van der Waals surface area contributed by atoms with Gasteiger partial charge in [-0.3, -0.25) is 9.59 Å². The molecule has 0 unspecified atom stereocenters. The van der Waals surface area contributed by atoms with E-state index in [1.54, 1.807) is 7.11 Å². The SMILES string of the molecule is COCCNC(=O)C1(NC(=O)c2ccc3c(C4CCCCC4)c4n(c3c2)CCOc2ccccc2-4)CCC1. The van der Waals surface area contributed by atoms with Gasteiger partial charge < -0.3 is 24.7 Å². The Balaban J connectivity index is 1.39. The lowest BCUT2D eigenvalue weighted by Crippen LogP contribution is -2.63. The van der Waals surface area contributed by atoms with E-state index < -0.39 is 5.54 Å². The molecule has 3 aromatic rings. The van der Waals surface area contributed by atoms with Crippen molar-refractivity contribution in [3.63, 3.8) is 0 Å². The lowest BCUT2D eigenvalue weighted by molar-refractivity contribution is -0.130. The second kappa shape index (κ2) is 10.4. The summed E-state index contributed by atoms with van der Waals surface area (Å²) in [5.74, 6) is 1.10. The molecule has 2 fully saturated rings. The Morgan fingerprint density at radius 2 is 1.89 bits per heavy atom. The maximum Gasteiger partial charge on any atom is 0.252 e. The van der Waals surface area contributed by atoms with Crippen molar-refractivity contribution in [3.8, 4) is 17.0 Å². The molecule has 2 aliphatic carbocycles. The van der Waals surface area contributed by atoms with Gasteiger partial charge in [-0.2, -0.15) is 0 Å². The number of nitrogens with one attached hydrogen (secondary N) is 2. The van der Waals surface area contributed by atoms with Gasteiger partial charge in [-0.1, -0.05) is 37.5 Å². The van der Waals surface area contributed by atoms with Gasteiger partial charge in [0.2, 0.25) is 5.91 Å². The van der Waals surface area contributed by atoms with E-state index in [0.717, 1.165) is 29.8 Å². The van der Waals surface area contributed by atoms with Gasteiger partial charge >= 0.3 is 0 Å². The van der Waals surface area contributed by atoms with Crippen LogP contribution in [0.1, 0.15) is 73.2 Å². The molecule has 0 bridgehead atoms. The number of hydrogen-bond donors (Lipinski definition) is 2. The molecule has 2 saturated carbocycles. The highest BCUT2D eigenvalue weighted by atomic mass is 16.5. The zero-order valence-corrected chi connectivity index (χ0v) is 22.2. The van der Waals surface area contributed by atoms with Crippen LogP contribution in [0.3, 0.4) is 0 Å². The van der Waals surface area contributed by atoms with Crippen LogP contribution >= 0.6 is 0 Å². The van der Waals surface area contributed by atoms with Crippen LogP contribution in [-0.2, 0) is 16.1 Å². The minimum absolute atomic E-state index is 0.125. The second-order valence-electron chi connectivity index (χ2n) is 11.0. The van der Waals surface area contributed by atoms with Crippen LogP contribution in [0.2, 0.25) is 0 Å². The van der Waals surface area contributed by atoms with Crippen molar-refractivity contribution in [1.82, 2.24) is 15.2 Å². The summed E-state index contributed by atoms with van der Waals surface area (Å²) in [7, 11) is 1.61. The van der Waals surface area contributed by atoms with Crippen LogP contribution in [0.5, 0.6) is 5.75 Å². The standard InChI is InChI=1S/C31H37N3O4/c1-37-18-16-32-30(36)31(14-7-15-31)33-29(35)22-12-13-23-25(20-22)34-17-19-38-26-11-6-5-10-24(26)28(34)27(23)21-8-3-2-4-9-21/h5-6,10-13,20-21H,2-4,7-9,14-19H2,1H3,(H,32,36)(H,33,35). The summed E-state index contributed by atoms with van der Waals surface area (Å²) in [6.07, 6.45) is 8.42. The predicted molar refractivity (Wildman–Crippen MR) is 148 cm³/mol. The molecule has 7 heteroatoms. The van der Waals surface area contributed by atoms with E-state index in [2.05, 4.69) is 39.5 Å². The summed E-state index contributed by atoms with van der Waals surface area (Å²) >= 11 is 0. The molecule has 0 spiro atoms.